The van der Waals surface area contributed by atoms with Crippen LogP contribution in [-0.2, 0) is 4.74 Å². The van der Waals surface area contributed by atoms with Crippen molar-refractivity contribution < 1.29 is 4.74 Å². The van der Waals surface area contributed by atoms with Crippen LogP contribution in [0.4, 0.5) is 11.4 Å². The molecule has 0 spiro atoms. The maximum atomic E-state index is 6.10. The molecule has 15 heavy (non-hydrogen) atoms. The lowest BCUT2D eigenvalue weighted by molar-refractivity contribution is 0.122. The molecule has 0 radical (unpaired) electrons. The van der Waals surface area contributed by atoms with E-state index in [9.17, 15) is 0 Å². The first-order valence-electron chi connectivity index (χ1n) is 4.65. The van der Waals surface area contributed by atoms with Gasteiger partial charge in [0.25, 0.3) is 0 Å². The second-order valence-corrected chi connectivity index (χ2v) is 3.72. The van der Waals surface area contributed by atoms with Crippen LogP contribution in [0.15, 0.2) is 18.2 Å². The predicted molar refractivity (Wildman–Crippen MR) is 66.1 cm³/mol. The summed E-state index contributed by atoms with van der Waals surface area (Å²) in [6.07, 6.45) is 0. The molecule has 0 aromatic heterocycles. The van der Waals surface area contributed by atoms with Gasteiger partial charge in [-0.3, -0.25) is 0 Å². The zero-order chi connectivity index (χ0) is 9.97. The monoisotopic (exact) mass is 248 g/mol. The zero-order valence-corrected chi connectivity index (χ0v) is 9.85. The van der Waals surface area contributed by atoms with Gasteiger partial charge < -0.3 is 15.4 Å². The molecule has 1 aromatic carbocycles. The number of ether oxygens (including phenoxy) is 1. The van der Waals surface area contributed by atoms with Crippen LogP contribution >= 0.6 is 24.0 Å². The second-order valence-electron chi connectivity index (χ2n) is 3.31. The molecule has 84 valence electrons. The summed E-state index contributed by atoms with van der Waals surface area (Å²) >= 11 is 6.10. The molecule has 1 heterocycles. The molecule has 0 aliphatic carbocycles. The molecule has 3 nitrogen and oxygen atoms in total. The zero-order valence-electron chi connectivity index (χ0n) is 8.28. The standard InChI is InChI=1S/C10H13ClN2O.ClH/c11-9-7-8(12)1-2-10(9)13-3-5-14-6-4-13;/h1-2,7H,3-6,12H2;1H. The second kappa shape index (κ2) is 5.45. The Hall–Kier alpha value is -0.640. The van der Waals surface area contributed by atoms with Crippen LogP contribution in [0.25, 0.3) is 0 Å². The largest absolute Gasteiger partial charge is 0.399 e. The first-order valence-corrected chi connectivity index (χ1v) is 5.03. The fourth-order valence-electron chi connectivity index (χ4n) is 1.58. The van der Waals surface area contributed by atoms with E-state index < -0.39 is 0 Å². The molecular formula is C10H14Cl2N2O. The topological polar surface area (TPSA) is 38.5 Å². The van der Waals surface area contributed by atoms with Crippen molar-refractivity contribution in [2.24, 2.45) is 0 Å². The lowest BCUT2D eigenvalue weighted by Gasteiger charge is -2.29. The van der Waals surface area contributed by atoms with Gasteiger partial charge in [-0.25, -0.2) is 0 Å². The first-order chi connectivity index (χ1) is 6.77. The third-order valence-corrected chi connectivity index (χ3v) is 2.63. The molecule has 0 saturated carbocycles. The molecule has 2 rings (SSSR count). The number of hydrogen-bond acceptors (Lipinski definition) is 3. The molecule has 2 N–H and O–H groups in total. The third kappa shape index (κ3) is 2.91. The lowest BCUT2D eigenvalue weighted by atomic mass is 10.2. The van der Waals surface area contributed by atoms with Crippen LogP contribution < -0.4 is 10.6 Å². The summed E-state index contributed by atoms with van der Waals surface area (Å²) in [6.45, 7) is 3.31. The average molecular weight is 249 g/mol. The van der Waals surface area contributed by atoms with Gasteiger partial charge in [0, 0.05) is 18.8 Å². The van der Waals surface area contributed by atoms with Gasteiger partial charge in [-0.1, -0.05) is 11.6 Å². The highest BCUT2D eigenvalue weighted by Crippen LogP contribution is 2.28. The molecule has 1 saturated heterocycles. The highest BCUT2D eigenvalue weighted by Gasteiger charge is 2.13. The minimum absolute atomic E-state index is 0. The van der Waals surface area contributed by atoms with Gasteiger partial charge in [0.05, 0.1) is 23.9 Å². The van der Waals surface area contributed by atoms with E-state index in [0.717, 1.165) is 32.0 Å². The van der Waals surface area contributed by atoms with Crippen LogP contribution in [0, 0.1) is 0 Å². The van der Waals surface area contributed by atoms with Crippen molar-refractivity contribution in [1.29, 1.82) is 0 Å². The van der Waals surface area contributed by atoms with Crippen molar-refractivity contribution in [2.45, 2.75) is 0 Å². The third-order valence-electron chi connectivity index (χ3n) is 2.32. The molecule has 1 aromatic rings. The van der Waals surface area contributed by atoms with Gasteiger partial charge in [0.2, 0.25) is 0 Å². The van der Waals surface area contributed by atoms with Crippen LogP contribution in [0.3, 0.4) is 0 Å². The van der Waals surface area contributed by atoms with Crippen LogP contribution in [0.5, 0.6) is 0 Å². The van der Waals surface area contributed by atoms with Gasteiger partial charge >= 0.3 is 0 Å². The van der Waals surface area contributed by atoms with Crippen molar-refractivity contribution >= 4 is 35.4 Å². The van der Waals surface area contributed by atoms with Gasteiger partial charge in [-0.05, 0) is 18.2 Å². The molecule has 5 heteroatoms. The van der Waals surface area contributed by atoms with Gasteiger partial charge in [0.15, 0.2) is 0 Å². The minimum Gasteiger partial charge on any atom is -0.399 e. The van der Waals surface area contributed by atoms with E-state index in [4.69, 9.17) is 22.1 Å². The number of hydrogen-bond donors (Lipinski definition) is 1. The van der Waals surface area contributed by atoms with Crippen LogP contribution in [0.2, 0.25) is 5.02 Å². The van der Waals surface area contributed by atoms with E-state index in [1.807, 2.05) is 12.1 Å². The summed E-state index contributed by atoms with van der Waals surface area (Å²) in [5.74, 6) is 0. The van der Waals surface area contributed by atoms with E-state index in [1.54, 1.807) is 6.07 Å². The molecular weight excluding hydrogens is 235 g/mol. The Kier molecular flexibility index (Phi) is 4.51. The first kappa shape index (κ1) is 12.4. The SMILES string of the molecule is Cl.Nc1ccc(N2CCOCC2)c(Cl)c1. The van der Waals surface area contributed by atoms with Crippen molar-refractivity contribution in [3.8, 4) is 0 Å². The molecule has 0 amide bonds. The smallest absolute Gasteiger partial charge is 0.0660 e. The highest BCUT2D eigenvalue weighted by molar-refractivity contribution is 6.33. The lowest BCUT2D eigenvalue weighted by Crippen LogP contribution is -2.36. The molecule has 0 atom stereocenters. The van der Waals surface area contributed by atoms with Crippen molar-refractivity contribution in [2.75, 3.05) is 36.9 Å². The van der Waals surface area contributed by atoms with Crippen LogP contribution in [0.1, 0.15) is 0 Å². The van der Waals surface area contributed by atoms with E-state index in [0.29, 0.717) is 10.7 Å². The summed E-state index contributed by atoms with van der Waals surface area (Å²) in [5.41, 5.74) is 7.38. The number of rotatable bonds is 1. The fraction of sp³-hybridized carbons (Fsp3) is 0.400. The van der Waals surface area contributed by atoms with Gasteiger partial charge in [-0.15, -0.1) is 12.4 Å². The minimum atomic E-state index is 0. The summed E-state index contributed by atoms with van der Waals surface area (Å²) in [4.78, 5) is 2.21. The summed E-state index contributed by atoms with van der Waals surface area (Å²) < 4.78 is 5.28. The highest BCUT2D eigenvalue weighted by atomic mass is 35.5. The Morgan fingerprint density at radius 1 is 1.27 bits per heavy atom. The number of nitrogen functional groups attached to an aromatic ring is 1. The predicted octanol–water partition coefficient (Wildman–Crippen LogP) is 2.18. The number of benzene rings is 1. The van der Waals surface area contributed by atoms with Crippen molar-refractivity contribution in [1.82, 2.24) is 0 Å². The van der Waals surface area contributed by atoms with E-state index in [1.165, 1.54) is 0 Å². The Morgan fingerprint density at radius 2 is 1.93 bits per heavy atom. The number of anilines is 2. The number of nitrogens with zero attached hydrogens (tertiary/aromatic N) is 1. The molecule has 0 bridgehead atoms. The van der Waals surface area contributed by atoms with Crippen molar-refractivity contribution in [3.63, 3.8) is 0 Å². The molecule has 0 unspecified atom stereocenters. The molecule has 1 fully saturated rings. The maximum absolute atomic E-state index is 6.10. The number of halogens is 2. The average Bonchev–Trinajstić information content (AvgIpc) is 2.19. The maximum Gasteiger partial charge on any atom is 0.0660 e. The molecule has 1 aliphatic heterocycles. The van der Waals surface area contributed by atoms with Crippen LogP contribution in [-0.4, -0.2) is 26.3 Å². The summed E-state index contributed by atoms with van der Waals surface area (Å²) in [6, 6.07) is 5.62. The Bertz CT molecular complexity index is 327. The number of morpholine rings is 1. The molecule has 1 aliphatic rings. The quantitative estimate of drug-likeness (QED) is 0.775. The Labute approximate surface area is 101 Å². The summed E-state index contributed by atoms with van der Waals surface area (Å²) in [5, 5.41) is 0.715. The van der Waals surface area contributed by atoms with Gasteiger partial charge in [-0.2, -0.15) is 0 Å². The van der Waals surface area contributed by atoms with E-state index in [2.05, 4.69) is 4.90 Å². The van der Waals surface area contributed by atoms with Gasteiger partial charge in [0.1, 0.15) is 0 Å². The Balaban J connectivity index is 0.00000112. The van der Waals surface area contributed by atoms with E-state index >= 15 is 0 Å². The normalized spacial score (nSPS) is 15.9. The van der Waals surface area contributed by atoms with Crippen molar-refractivity contribution in [3.05, 3.63) is 23.2 Å². The van der Waals surface area contributed by atoms with E-state index in [-0.39, 0.29) is 12.4 Å². The Morgan fingerprint density at radius 3 is 2.53 bits per heavy atom. The summed E-state index contributed by atoms with van der Waals surface area (Å²) in [7, 11) is 0. The fourth-order valence-corrected chi connectivity index (χ4v) is 1.89. The number of nitrogens with two attached hydrogens (primary N) is 1.